The van der Waals surface area contributed by atoms with Crippen LogP contribution in [-0.2, 0) is 9.59 Å². The smallest absolute Gasteiger partial charge is 0.451 e. The normalized spacial score (nSPS) is 23.2. The number of carbonyl (C=O) groups excluding carboxylic acids is 1. The van der Waals surface area contributed by atoms with E-state index in [1.165, 1.54) is 0 Å². The monoisotopic (exact) mass is 257 g/mol. The van der Waals surface area contributed by atoms with Gasteiger partial charge in [0.25, 0.3) is 0 Å². The number of aliphatic carboxylic acids is 1. The van der Waals surface area contributed by atoms with Gasteiger partial charge in [-0.1, -0.05) is 13.3 Å². The molecule has 0 aromatic rings. The maximum atomic E-state index is 11.6. The van der Waals surface area contributed by atoms with Crippen LogP contribution in [0, 0.1) is 11.8 Å². The lowest BCUT2D eigenvalue weighted by Crippen LogP contribution is -2.29. The Balaban J connectivity index is 2.53. The van der Waals surface area contributed by atoms with Gasteiger partial charge in [-0.05, 0) is 18.7 Å². The van der Waals surface area contributed by atoms with Gasteiger partial charge in [0, 0.05) is 19.5 Å². The van der Waals surface area contributed by atoms with Gasteiger partial charge in [0.15, 0.2) is 0 Å². The van der Waals surface area contributed by atoms with Crippen LogP contribution in [0.15, 0.2) is 0 Å². The number of nitrogens with zero attached hydrogens (tertiary/aromatic N) is 1. The molecular weight excluding hydrogens is 237 g/mol. The molecule has 102 valence electrons. The molecule has 1 heterocycles. The molecule has 0 aromatic carbocycles. The van der Waals surface area contributed by atoms with Crippen molar-refractivity contribution in [3.8, 4) is 0 Å². The third kappa shape index (κ3) is 3.99. The van der Waals surface area contributed by atoms with Crippen molar-refractivity contribution in [2.24, 2.45) is 11.8 Å². The minimum atomic E-state index is -1.34. The van der Waals surface area contributed by atoms with Crippen molar-refractivity contribution in [1.82, 2.24) is 4.90 Å². The van der Waals surface area contributed by atoms with Crippen LogP contribution in [-0.4, -0.2) is 52.1 Å². The first-order chi connectivity index (χ1) is 8.45. The molecule has 1 fully saturated rings. The summed E-state index contributed by atoms with van der Waals surface area (Å²) in [7, 11) is -1.34. The molecule has 1 amide bonds. The Morgan fingerprint density at radius 1 is 1.33 bits per heavy atom. The summed E-state index contributed by atoms with van der Waals surface area (Å²) in [5.74, 6) is -1.52. The number of carboxylic acid groups (broad SMARTS) is 1. The topological polar surface area (TPSA) is 98.1 Å². The van der Waals surface area contributed by atoms with Crippen LogP contribution in [0.2, 0.25) is 6.32 Å². The molecule has 1 aliphatic heterocycles. The molecule has 1 saturated heterocycles. The molecule has 0 radical (unpaired) electrons. The first-order valence-corrected chi connectivity index (χ1v) is 6.32. The van der Waals surface area contributed by atoms with Gasteiger partial charge < -0.3 is 20.1 Å². The summed E-state index contributed by atoms with van der Waals surface area (Å²) in [6.07, 6.45) is 1.78. The SMILES string of the molecule is CCC(=O)N1CC(C(=O)O)[C@@H](CCCB(O)O)C1. The Hall–Kier alpha value is -1.08. The standard InChI is InChI=1S/C11H20BNO5/c1-2-10(14)13-6-8(4-3-5-12(17)18)9(7-13)11(15)16/h8-9,17-18H,2-7H2,1H3,(H,15,16)/t8-,9?/m0/s1. The van der Waals surface area contributed by atoms with Crippen LogP contribution in [0.25, 0.3) is 0 Å². The van der Waals surface area contributed by atoms with E-state index in [-0.39, 0.29) is 24.7 Å². The van der Waals surface area contributed by atoms with Crippen molar-refractivity contribution in [3.63, 3.8) is 0 Å². The predicted molar refractivity (Wildman–Crippen MR) is 65.7 cm³/mol. The average molecular weight is 257 g/mol. The molecule has 7 heteroatoms. The number of carbonyl (C=O) groups is 2. The Labute approximate surface area is 107 Å². The molecule has 3 N–H and O–H groups in total. The van der Waals surface area contributed by atoms with E-state index in [0.29, 0.717) is 25.8 Å². The molecule has 18 heavy (non-hydrogen) atoms. The fourth-order valence-electron chi connectivity index (χ4n) is 2.43. The van der Waals surface area contributed by atoms with E-state index in [2.05, 4.69) is 0 Å². The highest BCUT2D eigenvalue weighted by Gasteiger charge is 2.38. The highest BCUT2D eigenvalue weighted by Crippen LogP contribution is 2.28. The summed E-state index contributed by atoms with van der Waals surface area (Å²) >= 11 is 0. The Morgan fingerprint density at radius 2 is 2.00 bits per heavy atom. The van der Waals surface area contributed by atoms with Crippen LogP contribution in [0.1, 0.15) is 26.2 Å². The summed E-state index contributed by atoms with van der Waals surface area (Å²) in [6.45, 7) is 2.49. The Kier molecular flexibility index (Phi) is 5.62. The number of hydrogen-bond acceptors (Lipinski definition) is 4. The molecule has 0 aromatic heterocycles. The molecular formula is C11H20BNO5. The van der Waals surface area contributed by atoms with Crippen LogP contribution in [0.5, 0.6) is 0 Å². The predicted octanol–water partition coefficient (Wildman–Crippen LogP) is -0.191. The number of carboxylic acids is 1. The molecule has 2 atom stereocenters. The van der Waals surface area contributed by atoms with Gasteiger partial charge in [-0.25, -0.2) is 0 Å². The lowest BCUT2D eigenvalue weighted by Gasteiger charge is -2.15. The second kappa shape index (κ2) is 6.75. The largest absolute Gasteiger partial charge is 0.481 e. The maximum absolute atomic E-state index is 11.6. The average Bonchev–Trinajstić information content (AvgIpc) is 2.72. The van der Waals surface area contributed by atoms with E-state index in [1.807, 2.05) is 0 Å². The van der Waals surface area contributed by atoms with E-state index >= 15 is 0 Å². The molecule has 1 unspecified atom stereocenters. The molecule has 1 rings (SSSR count). The third-order valence-corrected chi connectivity index (χ3v) is 3.45. The first-order valence-electron chi connectivity index (χ1n) is 6.32. The van der Waals surface area contributed by atoms with Crippen LogP contribution >= 0.6 is 0 Å². The molecule has 0 saturated carbocycles. The fourth-order valence-corrected chi connectivity index (χ4v) is 2.43. The van der Waals surface area contributed by atoms with Crippen molar-refractivity contribution in [2.45, 2.75) is 32.5 Å². The lowest BCUT2D eigenvalue weighted by atomic mass is 9.80. The van der Waals surface area contributed by atoms with E-state index in [0.717, 1.165) is 0 Å². The van der Waals surface area contributed by atoms with E-state index in [1.54, 1.807) is 11.8 Å². The van der Waals surface area contributed by atoms with Crippen LogP contribution in [0.3, 0.4) is 0 Å². The summed E-state index contributed by atoms with van der Waals surface area (Å²) in [5.41, 5.74) is 0. The molecule has 6 nitrogen and oxygen atoms in total. The van der Waals surface area contributed by atoms with Gasteiger partial charge in [0.1, 0.15) is 0 Å². The highest BCUT2D eigenvalue weighted by atomic mass is 16.4. The minimum Gasteiger partial charge on any atom is -0.481 e. The van der Waals surface area contributed by atoms with Crippen molar-refractivity contribution >= 4 is 19.0 Å². The highest BCUT2D eigenvalue weighted by molar-refractivity contribution is 6.40. The molecule has 0 aliphatic carbocycles. The van der Waals surface area contributed by atoms with E-state index in [4.69, 9.17) is 15.2 Å². The van der Waals surface area contributed by atoms with Gasteiger partial charge >= 0.3 is 13.1 Å². The quantitative estimate of drug-likeness (QED) is 0.573. The molecule has 0 spiro atoms. The zero-order chi connectivity index (χ0) is 13.7. The second-order valence-corrected chi connectivity index (χ2v) is 4.77. The van der Waals surface area contributed by atoms with Crippen molar-refractivity contribution in [2.75, 3.05) is 13.1 Å². The van der Waals surface area contributed by atoms with Crippen molar-refractivity contribution < 1.29 is 24.7 Å². The molecule has 0 bridgehead atoms. The van der Waals surface area contributed by atoms with Gasteiger partial charge in [-0.2, -0.15) is 0 Å². The summed E-state index contributed by atoms with van der Waals surface area (Å²) in [5, 5.41) is 26.6. The van der Waals surface area contributed by atoms with E-state index < -0.39 is 19.0 Å². The van der Waals surface area contributed by atoms with Gasteiger partial charge in [-0.15, -0.1) is 0 Å². The van der Waals surface area contributed by atoms with E-state index in [9.17, 15) is 9.59 Å². The fraction of sp³-hybridized carbons (Fsp3) is 0.818. The Bertz CT molecular complexity index is 310. The summed E-state index contributed by atoms with van der Waals surface area (Å²) in [6, 6.07) is 0. The summed E-state index contributed by atoms with van der Waals surface area (Å²) < 4.78 is 0. The number of rotatable bonds is 6. The lowest BCUT2D eigenvalue weighted by molar-refractivity contribution is -0.142. The zero-order valence-electron chi connectivity index (χ0n) is 10.6. The van der Waals surface area contributed by atoms with Gasteiger partial charge in [-0.3, -0.25) is 9.59 Å². The van der Waals surface area contributed by atoms with Crippen molar-refractivity contribution in [1.29, 1.82) is 0 Å². The first kappa shape index (κ1) is 15.0. The maximum Gasteiger partial charge on any atom is 0.451 e. The third-order valence-electron chi connectivity index (χ3n) is 3.45. The van der Waals surface area contributed by atoms with Crippen LogP contribution < -0.4 is 0 Å². The molecule has 1 aliphatic rings. The number of amides is 1. The van der Waals surface area contributed by atoms with Crippen LogP contribution in [0.4, 0.5) is 0 Å². The van der Waals surface area contributed by atoms with Crippen molar-refractivity contribution in [3.05, 3.63) is 0 Å². The number of likely N-dealkylation sites (tertiary alicyclic amines) is 1. The van der Waals surface area contributed by atoms with Gasteiger partial charge in [0.05, 0.1) is 5.92 Å². The minimum absolute atomic E-state index is 0.0223. The summed E-state index contributed by atoms with van der Waals surface area (Å²) in [4.78, 5) is 24.3. The number of hydrogen-bond donors (Lipinski definition) is 3. The zero-order valence-corrected chi connectivity index (χ0v) is 10.6. The Morgan fingerprint density at radius 3 is 2.50 bits per heavy atom. The second-order valence-electron chi connectivity index (χ2n) is 4.77. The van der Waals surface area contributed by atoms with Gasteiger partial charge in [0.2, 0.25) is 5.91 Å².